The number of rotatable bonds is 5. The highest BCUT2D eigenvalue weighted by Crippen LogP contribution is 2.33. The van der Waals surface area contributed by atoms with Crippen LogP contribution in [0, 0.1) is 6.92 Å². The molecule has 1 saturated carbocycles. The maximum atomic E-state index is 13.0. The van der Waals surface area contributed by atoms with Crippen LogP contribution in [-0.2, 0) is 19.1 Å². The minimum Gasteiger partial charge on any atom is -0.512 e. The number of allylic oxidation sites excluding steroid dienone is 2. The molecule has 24 heavy (non-hydrogen) atoms. The number of alkyl halides is 3. The van der Waals surface area contributed by atoms with Crippen molar-refractivity contribution in [2.45, 2.75) is 45.3 Å². The second-order valence-electron chi connectivity index (χ2n) is 5.90. The van der Waals surface area contributed by atoms with E-state index in [4.69, 9.17) is 0 Å². The number of tetrazole rings is 1. The molecule has 0 unspecified atom stereocenters. The molecule has 1 heterocycles. The first-order valence-electron chi connectivity index (χ1n) is 7.66. The Morgan fingerprint density at radius 1 is 1.25 bits per heavy atom. The fourth-order valence-corrected chi connectivity index (χ4v) is 2.52. The van der Waals surface area contributed by atoms with Crippen LogP contribution in [0.15, 0.2) is 29.5 Å². The van der Waals surface area contributed by atoms with Crippen LogP contribution in [0.2, 0.25) is 0 Å². The van der Waals surface area contributed by atoms with Gasteiger partial charge in [0.25, 0.3) is 0 Å². The summed E-state index contributed by atoms with van der Waals surface area (Å²) in [4.78, 5) is 1.27. The van der Waals surface area contributed by atoms with Gasteiger partial charge in [-0.15, -0.1) is 10.2 Å². The van der Waals surface area contributed by atoms with Crippen molar-refractivity contribution >= 4 is 0 Å². The van der Waals surface area contributed by atoms with Crippen molar-refractivity contribution in [2.24, 2.45) is 0 Å². The van der Waals surface area contributed by atoms with E-state index in [9.17, 15) is 18.3 Å². The quantitative estimate of drug-likeness (QED) is 0.846. The van der Waals surface area contributed by atoms with E-state index in [1.54, 1.807) is 6.92 Å². The number of hydrogen-bond donors (Lipinski definition) is 1. The minimum absolute atomic E-state index is 0.109. The average molecular weight is 338 g/mol. The molecule has 1 aromatic heterocycles. The van der Waals surface area contributed by atoms with Gasteiger partial charge in [-0.3, -0.25) is 0 Å². The van der Waals surface area contributed by atoms with Crippen molar-refractivity contribution in [3.8, 4) is 0 Å². The molecule has 0 radical (unpaired) electrons. The number of aliphatic hydroxyl groups excluding tert-OH is 1. The van der Waals surface area contributed by atoms with Gasteiger partial charge in [-0.05, 0) is 60.2 Å². The molecule has 0 spiro atoms. The van der Waals surface area contributed by atoms with Crippen molar-refractivity contribution in [3.63, 3.8) is 0 Å². The van der Waals surface area contributed by atoms with Crippen LogP contribution in [-0.4, -0.2) is 25.3 Å². The maximum absolute atomic E-state index is 13.0. The lowest BCUT2D eigenvalue weighted by atomic mass is 9.99. The summed E-state index contributed by atoms with van der Waals surface area (Å²) in [6.45, 7) is 1.77. The SMILES string of the molecule is Cc1nnn(Cc2cc(C(F)(F)F)ccc2CCC(O)=C2CC2)n1. The Bertz CT molecular complexity index is 774. The van der Waals surface area contributed by atoms with E-state index in [0.717, 1.165) is 36.1 Å². The predicted molar refractivity (Wildman–Crippen MR) is 80.3 cm³/mol. The molecule has 3 rings (SSSR count). The number of aryl methyl sites for hydroxylation is 2. The average Bonchev–Trinajstić information content (AvgIpc) is 3.28. The second kappa shape index (κ2) is 6.26. The fourth-order valence-electron chi connectivity index (χ4n) is 2.52. The number of aromatic nitrogens is 4. The van der Waals surface area contributed by atoms with E-state index >= 15 is 0 Å². The van der Waals surface area contributed by atoms with Crippen molar-refractivity contribution in [1.29, 1.82) is 0 Å². The molecule has 1 aliphatic carbocycles. The van der Waals surface area contributed by atoms with E-state index in [0.29, 0.717) is 30.0 Å². The third-order valence-corrected chi connectivity index (χ3v) is 3.94. The van der Waals surface area contributed by atoms with Gasteiger partial charge in [0.2, 0.25) is 0 Å². The van der Waals surface area contributed by atoms with Crippen LogP contribution in [0.5, 0.6) is 0 Å². The summed E-state index contributed by atoms with van der Waals surface area (Å²) < 4.78 is 38.9. The molecule has 0 saturated heterocycles. The summed E-state index contributed by atoms with van der Waals surface area (Å²) in [5.41, 5.74) is 1.56. The summed E-state index contributed by atoms with van der Waals surface area (Å²) in [6.07, 6.45) is -1.69. The van der Waals surface area contributed by atoms with E-state index < -0.39 is 11.7 Å². The standard InChI is InChI=1S/C16H17F3N4O/c1-10-20-22-23(21-10)9-13-8-14(16(17,18)19)6-4-11(13)5-7-15(24)12-2-3-12/h4,6,8,24H,2-3,5,7,9H2,1H3. The van der Waals surface area contributed by atoms with Crippen LogP contribution < -0.4 is 0 Å². The summed E-state index contributed by atoms with van der Waals surface area (Å²) in [7, 11) is 0. The maximum Gasteiger partial charge on any atom is 0.416 e. The third kappa shape index (κ3) is 3.93. The van der Waals surface area contributed by atoms with Crippen LogP contribution in [0.3, 0.4) is 0 Å². The van der Waals surface area contributed by atoms with Gasteiger partial charge in [0.15, 0.2) is 5.82 Å². The lowest BCUT2D eigenvalue weighted by Crippen LogP contribution is -2.11. The molecule has 2 aromatic rings. The first-order valence-corrected chi connectivity index (χ1v) is 7.66. The summed E-state index contributed by atoms with van der Waals surface area (Å²) in [5.74, 6) is 0.815. The van der Waals surface area contributed by atoms with Crippen LogP contribution in [0.4, 0.5) is 13.2 Å². The number of benzene rings is 1. The van der Waals surface area contributed by atoms with Crippen LogP contribution in [0.1, 0.15) is 41.8 Å². The normalized spacial score (nSPS) is 14.1. The molecule has 1 aromatic carbocycles. The number of halogens is 3. The highest BCUT2D eigenvalue weighted by Gasteiger charge is 2.31. The molecule has 128 valence electrons. The molecule has 0 bridgehead atoms. The largest absolute Gasteiger partial charge is 0.512 e. The Kier molecular flexibility index (Phi) is 4.29. The second-order valence-corrected chi connectivity index (χ2v) is 5.90. The predicted octanol–water partition coefficient (Wildman–Crippen LogP) is 3.59. The number of aliphatic hydroxyl groups is 1. The molecule has 8 heteroatoms. The van der Waals surface area contributed by atoms with E-state index in [1.165, 1.54) is 10.9 Å². The van der Waals surface area contributed by atoms with E-state index in [-0.39, 0.29) is 6.54 Å². The first-order chi connectivity index (χ1) is 11.3. The lowest BCUT2D eigenvalue weighted by Gasteiger charge is -2.13. The molecule has 1 fully saturated rings. The first kappa shape index (κ1) is 16.5. The van der Waals surface area contributed by atoms with Crippen molar-refractivity contribution in [1.82, 2.24) is 20.2 Å². The van der Waals surface area contributed by atoms with Gasteiger partial charge < -0.3 is 5.11 Å². The van der Waals surface area contributed by atoms with Gasteiger partial charge in [-0.1, -0.05) is 6.07 Å². The topological polar surface area (TPSA) is 63.8 Å². The fraction of sp³-hybridized carbons (Fsp3) is 0.438. The molecule has 0 amide bonds. The van der Waals surface area contributed by atoms with E-state index in [1.807, 2.05) is 0 Å². The Hall–Kier alpha value is -2.38. The molecule has 1 aliphatic rings. The third-order valence-electron chi connectivity index (χ3n) is 3.94. The van der Waals surface area contributed by atoms with Crippen molar-refractivity contribution < 1.29 is 18.3 Å². The summed E-state index contributed by atoms with van der Waals surface area (Å²) >= 11 is 0. The molecule has 0 aliphatic heterocycles. The Balaban J connectivity index is 1.86. The van der Waals surface area contributed by atoms with Crippen molar-refractivity contribution in [2.75, 3.05) is 0 Å². The Morgan fingerprint density at radius 3 is 2.58 bits per heavy atom. The van der Waals surface area contributed by atoms with Gasteiger partial charge in [-0.2, -0.15) is 18.0 Å². The zero-order chi connectivity index (χ0) is 17.3. The number of hydrogen-bond acceptors (Lipinski definition) is 4. The zero-order valence-corrected chi connectivity index (χ0v) is 13.1. The van der Waals surface area contributed by atoms with Gasteiger partial charge >= 0.3 is 6.18 Å². The van der Waals surface area contributed by atoms with Gasteiger partial charge in [0.1, 0.15) is 0 Å². The Labute approximate surface area is 136 Å². The number of nitrogens with zero attached hydrogens (tertiary/aromatic N) is 4. The van der Waals surface area contributed by atoms with Gasteiger partial charge in [0.05, 0.1) is 17.9 Å². The van der Waals surface area contributed by atoms with Gasteiger partial charge in [-0.25, -0.2) is 0 Å². The molecular formula is C16H17F3N4O. The van der Waals surface area contributed by atoms with Crippen molar-refractivity contribution in [3.05, 3.63) is 52.0 Å². The molecule has 0 atom stereocenters. The highest BCUT2D eigenvalue weighted by molar-refractivity contribution is 5.34. The molecule has 5 nitrogen and oxygen atoms in total. The van der Waals surface area contributed by atoms with Crippen LogP contribution in [0.25, 0.3) is 0 Å². The van der Waals surface area contributed by atoms with Gasteiger partial charge in [0, 0.05) is 6.42 Å². The monoisotopic (exact) mass is 338 g/mol. The minimum atomic E-state index is -4.41. The van der Waals surface area contributed by atoms with Crippen LogP contribution >= 0.6 is 0 Å². The Morgan fingerprint density at radius 2 is 2.00 bits per heavy atom. The molecular weight excluding hydrogens is 321 g/mol. The summed E-state index contributed by atoms with van der Waals surface area (Å²) in [5, 5.41) is 21.4. The zero-order valence-electron chi connectivity index (χ0n) is 13.1. The lowest BCUT2D eigenvalue weighted by molar-refractivity contribution is -0.137. The van der Waals surface area contributed by atoms with E-state index in [2.05, 4.69) is 15.4 Å². The smallest absolute Gasteiger partial charge is 0.416 e. The highest BCUT2D eigenvalue weighted by atomic mass is 19.4. The summed E-state index contributed by atoms with van der Waals surface area (Å²) in [6, 6.07) is 3.66. The molecule has 1 N–H and O–H groups in total.